The fraction of sp³-hybridized carbons (Fsp3) is 0.200. The lowest BCUT2D eigenvalue weighted by Crippen LogP contribution is -2.14. The molecule has 0 unspecified atom stereocenters. The monoisotopic (exact) mass is 444 g/mol. The minimum absolute atomic E-state index is 0.391. The first-order valence-electron chi connectivity index (χ1n) is 12.2. The summed E-state index contributed by atoms with van der Waals surface area (Å²) in [6, 6.07) is 31.8. The number of fused-ring (bicyclic) bond motifs is 1. The molecule has 2 N–H and O–H groups in total. The van der Waals surface area contributed by atoms with Crippen molar-refractivity contribution in [2.45, 2.75) is 38.1 Å². The summed E-state index contributed by atoms with van der Waals surface area (Å²) in [6.45, 7) is 0. The van der Waals surface area contributed by atoms with Crippen LogP contribution < -0.4 is 5.73 Å². The molecule has 0 bridgehead atoms. The molecule has 0 aliphatic heterocycles. The van der Waals surface area contributed by atoms with Gasteiger partial charge >= 0.3 is 0 Å². The highest BCUT2D eigenvalue weighted by Crippen LogP contribution is 2.46. The summed E-state index contributed by atoms with van der Waals surface area (Å²) < 4.78 is 2.48. The Kier molecular flexibility index (Phi) is 5.34. The Morgan fingerprint density at radius 3 is 1.82 bits per heavy atom. The van der Waals surface area contributed by atoms with E-state index in [1.165, 1.54) is 30.5 Å². The van der Waals surface area contributed by atoms with Crippen molar-refractivity contribution in [3.63, 3.8) is 0 Å². The van der Waals surface area contributed by atoms with E-state index in [1.54, 1.807) is 0 Å². The van der Waals surface area contributed by atoms with Gasteiger partial charge < -0.3 is 10.3 Å². The molecule has 0 spiro atoms. The van der Waals surface area contributed by atoms with Gasteiger partial charge in [-0.1, -0.05) is 110 Å². The molecule has 0 radical (unpaired) electrons. The molecule has 3 aromatic carbocycles. The molecule has 0 atom stereocenters. The van der Waals surface area contributed by atoms with Crippen LogP contribution in [0.25, 0.3) is 44.8 Å². The van der Waals surface area contributed by atoms with Gasteiger partial charge in [0.2, 0.25) is 0 Å². The van der Waals surface area contributed by atoms with E-state index in [0.717, 1.165) is 40.6 Å². The second-order valence-corrected chi connectivity index (χ2v) is 9.11. The van der Waals surface area contributed by atoms with Crippen LogP contribution in [-0.4, -0.2) is 14.5 Å². The summed E-state index contributed by atoms with van der Waals surface area (Å²) in [5, 5.41) is 0.954. The van der Waals surface area contributed by atoms with E-state index in [1.807, 2.05) is 30.3 Å². The molecule has 1 aliphatic carbocycles. The molecule has 34 heavy (non-hydrogen) atoms. The zero-order valence-electron chi connectivity index (χ0n) is 19.2. The van der Waals surface area contributed by atoms with Gasteiger partial charge in [0.15, 0.2) is 5.82 Å². The molecule has 2 heterocycles. The largest absolute Gasteiger partial charge is 0.383 e. The molecule has 0 amide bonds. The minimum Gasteiger partial charge on any atom is -0.383 e. The number of hydrogen-bond donors (Lipinski definition) is 1. The minimum atomic E-state index is 0.391. The third kappa shape index (κ3) is 3.56. The first-order valence-corrected chi connectivity index (χ1v) is 12.2. The third-order valence-corrected chi connectivity index (χ3v) is 6.96. The van der Waals surface area contributed by atoms with Crippen LogP contribution >= 0.6 is 0 Å². The lowest BCUT2D eigenvalue weighted by Gasteiger charge is -2.26. The van der Waals surface area contributed by atoms with Crippen molar-refractivity contribution < 1.29 is 0 Å². The summed E-state index contributed by atoms with van der Waals surface area (Å²) in [4.78, 5) is 9.99. The second kappa shape index (κ2) is 8.79. The highest BCUT2D eigenvalue weighted by molar-refractivity contribution is 6.08. The number of nitrogens with two attached hydrogens (primary N) is 1. The smallest absolute Gasteiger partial charge is 0.163 e. The SMILES string of the molecule is Nc1nc(-c2ccccc2)nc2c1c(-c1ccccc1)c(-c1ccccc1)n2C1CCCCC1. The number of anilines is 1. The van der Waals surface area contributed by atoms with Crippen LogP contribution in [-0.2, 0) is 0 Å². The highest BCUT2D eigenvalue weighted by atomic mass is 15.1. The molecule has 168 valence electrons. The maximum absolute atomic E-state index is 6.76. The average molecular weight is 445 g/mol. The van der Waals surface area contributed by atoms with Gasteiger partial charge in [-0.05, 0) is 24.0 Å². The predicted octanol–water partition coefficient (Wildman–Crippen LogP) is 7.52. The molecule has 1 fully saturated rings. The van der Waals surface area contributed by atoms with Crippen LogP contribution in [0.2, 0.25) is 0 Å². The van der Waals surface area contributed by atoms with Crippen LogP contribution in [0.4, 0.5) is 5.82 Å². The summed E-state index contributed by atoms with van der Waals surface area (Å²) in [6.07, 6.45) is 6.09. The molecule has 2 aromatic heterocycles. The van der Waals surface area contributed by atoms with E-state index in [2.05, 4.69) is 65.2 Å². The fourth-order valence-corrected chi connectivity index (χ4v) is 5.40. The van der Waals surface area contributed by atoms with Gasteiger partial charge in [0, 0.05) is 17.2 Å². The molecule has 6 rings (SSSR count). The van der Waals surface area contributed by atoms with E-state index in [-0.39, 0.29) is 0 Å². The van der Waals surface area contributed by atoms with E-state index >= 15 is 0 Å². The van der Waals surface area contributed by atoms with Crippen LogP contribution in [0, 0.1) is 0 Å². The van der Waals surface area contributed by atoms with E-state index in [0.29, 0.717) is 17.7 Å². The molecule has 4 heteroatoms. The van der Waals surface area contributed by atoms with Crippen LogP contribution in [0.1, 0.15) is 38.1 Å². The number of benzene rings is 3. The quantitative estimate of drug-likeness (QED) is 0.312. The number of nitrogen functional groups attached to an aromatic ring is 1. The van der Waals surface area contributed by atoms with Gasteiger partial charge in [0.25, 0.3) is 0 Å². The Balaban J connectivity index is 1.74. The van der Waals surface area contributed by atoms with Crippen molar-refractivity contribution >= 4 is 16.9 Å². The summed E-state index contributed by atoms with van der Waals surface area (Å²) in [5.41, 5.74) is 13.3. The topological polar surface area (TPSA) is 56.7 Å². The standard InChI is InChI=1S/C30H28N4/c31-28-26-25(21-13-5-1-6-14-21)27(22-15-7-2-8-16-22)34(24-19-11-4-12-20-24)30(26)33-29(32-28)23-17-9-3-10-18-23/h1-3,5-10,13-18,24H,4,11-12,19-20H2,(H2,31,32,33). The lowest BCUT2D eigenvalue weighted by atomic mass is 9.94. The Bertz CT molecular complexity index is 1420. The number of hydrogen-bond acceptors (Lipinski definition) is 3. The van der Waals surface area contributed by atoms with Gasteiger partial charge in [0.1, 0.15) is 11.5 Å². The van der Waals surface area contributed by atoms with Gasteiger partial charge in [-0.2, -0.15) is 0 Å². The van der Waals surface area contributed by atoms with E-state index < -0.39 is 0 Å². The summed E-state index contributed by atoms with van der Waals surface area (Å²) in [7, 11) is 0. The zero-order valence-corrected chi connectivity index (χ0v) is 19.2. The van der Waals surface area contributed by atoms with Crippen molar-refractivity contribution in [1.29, 1.82) is 0 Å². The number of aromatic nitrogens is 3. The average Bonchev–Trinajstić information content (AvgIpc) is 3.26. The molecular formula is C30H28N4. The van der Waals surface area contributed by atoms with Crippen molar-refractivity contribution in [1.82, 2.24) is 14.5 Å². The maximum atomic E-state index is 6.76. The van der Waals surface area contributed by atoms with E-state index in [9.17, 15) is 0 Å². The lowest BCUT2D eigenvalue weighted by molar-refractivity contribution is 0.362. The van der Waals surface area contributed by atoms with Crippen molar-refractivity contribution in [3.8, 4) is 33.8 Å². The third-order valence-electron chi connectivity index (χ3n) is 6.96. The van der Waals surface area contributed by atoms with Crippen LogP contribution in [0.3, 0.4) is 0 Å². The first kappa shape index (κ1) is 20.7. The summed E-state index contributed by atoms with van der Waals surface area (Å²) in [5.74, 6) is 1.22. The van der Waals surface area contributed by atoms with E-state index in [4.69, 9.17) is 15.7 Å². The van der Waals surface area contributed by atoms with Crippen molar-refractivity contribution in [3.05, 3.63) is 91.0 Å². The fourth-order valence-electron chi connectivity index (χ4n) is 5.40. The predicted molar refractivity (Wildman–Crippen MR) is 140 cm³/mol. The van der Waals surface area contributed by atoms with Crippen molar-refractivity contribution in [2.24, 2.45) is 0 Å². The normalized spacial score (nSPS) is 14.5. The van der Waals surface area contributed by atoms with Gasteiger partial charge in [-0.25, -0.2) is 9.97 Å². The Labute approximate surface area is 200 Å². The Morgan fingerprint density at radius 1 is 0.647 bits per heavy atom. The van der Waals surface area contributed by atoms with Gasteiger partial charge in [0.05, 0.1) is 11.1 Å². The van der Waals surface area contributed by atoms with Crippen LogP contribution in [0.15, 0.2) is 91.0 Å². The van der Waals surface area contributed by atoms with Gasteiger partial charge in [-0.15, -0.1) is 0 Å². The molecule has 1 aliphatic rings. The van der Waals surface area contributed by atoms with Crippen LogP contribution in [0.5, 0.6) is 0 Å². The maximum Gasteiger partial charge on any atom is 0.163 e. The molecule has 4 nitrogen and oxygen atoms in total. The summed E-state index contributed by atoms with van der Waals surface area (Å²) >= 11 is 0. The second-order valence-electron chi connectivity index (χ2n) is 9.11. The Morgan fingerprint density at radius 2 is 1.21 bits per heavy atom. The molecule has 5 aromatic rings. The zero-order chi connectivity index (χ0) is 22.9. The number of rotatable bonds is 4. The Hall–Kier alpha value is -3.92. The number of nitrogens with zero attached hydrogens (tertiary/aromatic N) is 3. The molecule has 0 saturated heterocycles. The molecule has 1 saturated carbocycles. The highest BCUT2D eigenvalue weighted by Gasteiger charge is 2.29. The molecular weight excluding hydrogens is 416 g/mol. The van der Waals surface area contributed by atoms with Gasteiger partial charge in [-0.3, -0.25) is 0 Å². The van der Waals surface area contributed by atoms with Crippen molar-refractivity contribution in [2.75, 3.05) is 5.73 Å². The first-order chi connectivity index (χ1) is 16.8.